The quantitative estimate of drug-likeness (QED) is 0.829. The highest BCUT2D eigenvalue weighted by Gasteiger charge is 2.27. The van der Waals surface area contributed by atoms with E-state index in [4.69, 9.17) is 0 Å². The van der Waals surface area contributed by atoms with E-state index < -0.39 is 15.4 Å². The number of hydrogen-bond acceptors (Lipinski definition) is 3. The number of rotatable bonds is 6. The molecule has 4 nitrogen and oxygen atoms in total. The fourth-order valence-corrected chi connectivity index (χ4v) is 3.35. The minimum atomic E-state index is -4.18. The second-order valence-electron chi connectivity index (χ2n) is 5.29. The summed E-state index contributed by atoms with van der Waals surface area (Å²) in [5, 5.41) is -0.964. The van der Waals surface area contributed by atoms with Crippen LogP contribution in [0.2, 0.25) is 0 Å². The number of likely N-dealkylation sites (N-methyl/N-ethyl adjacent to an activating group) is 1. The van der Waals surface area contributed by atoms with E-state index in [-0.39, 0.29) is 6.54 Å². The smallest absolute Gasteiger partial charge is 0.273 e. The Kier molecular flexibility index (Phi) is 5.21. The minimum Gasteiger partial charge on any atom is -0.370 e. The van der Waals surface area contributed by atoms with E-state index >= 15 is 0 Å². The van der Waals surface area contributed by atoms with Crippen LogP contribution < -0.4 is 4.90 Å². The van der Waals surface area contributed by atoms with E-state index in [1.807, 2.05) is 49.1 Å². The molecule has 2 aromatic rings. The van der Waals surface area contributed by atoms with Gasteiger partial charge < -0.3 is 4.90 Å². The van der Waals surface area contributed by atoms with Crippen LogP contribution in [0.25, 0.3) is 0 Å². The summed E-state index contributed by atoms with van der Waals surface area (Å²) < 4.78 is 33.2. The van der Waals surface area contributed by atoms with Crippen molar-refractivity contribution in [2.24, 2.45) is 0 Å². The molecule has 5 heteroatoms. The maximum atomic E-state index is 11.8. The molecule has 0 aliphatic rings. The van der Waals surface area contributed by atoms with Gasteiger partial charge in [-0.05, 0) is 37.1 Å². The molecule has 0 aliphatic heterocycles. The highest BCUT2D eigenvalue weighted by molar-refractivity contribution is 7.86. The molecule has 0 bridgehead atoms. The lowest BCUT2D eigenvalue weighted by molar-refractivity contribution is 0.467. The summed E-state index contributed by atoms with van der Waals surface area (Å²) in [7, 11) is -4.18. The van der Waals surface area contributed by atoms with Crippen LogP contribution in [-0.4, -0.2) is 26.1 Å². The third-order valence-corrected chi connectivity index (χ3v) is 4.81. The third kappa shape index (κ3) is 4.08. The standard InChI is InChI=1S/C17H21NO3S/c1-3-18(16-11-7-8-14(2)12-16)13-17(22(19,20)21)15-9-5-4-6-10-15/h4-12,17H,3,13H2,1-2H3,(H,19,20,21). The molecule has 0 fully saturated rings. The molecule has 2 aromatic carbocycles. The normalized spacial score (nSPS) is 12.9. The van der Waals surface area contributed by atoms with Crippen molar-refractivity contribution in [1.29, 1.82) is 0 Å². The molecule has 0 saturated heterocycles. The molecule has 0 aromatic heterocycles. The van der Waals surface area contributed by atoms with E-state index in [1.165, 1.54) is 0 Å². The van der Waals surface area contributed by atoms with Crippen molar-refractivity contribution in [1.82, 2.24) is 0 Å². The Bertz CT molecular complexity index is 714. The van der Waals surface area contributed by atoms with Gasteiger partial charge in [0, 0.05) is 18.8 Å². The molecule has 1 N–H and O–H groups in total. The van der Waals surface area contributed by atoms with E-state index in [1.54, 1.807) is 24.3 Å². The molecular weight excluding hydrogens is 298 g/mol. The van der Waals surface area contributed by atoms with Crippen LogP contribution >= 0.6 is 0 Å². The first kappa shape index (κ1) is 16.5. The molecule has 2 rings (SSSR count). The summed E-state index contributed by atoms with van der Waals surface area (Å²) >= 11 is 0. The maximum Gasteiger partial charge on any atom is 0.273 e. The molecular formula is C17H21NO3S. The Balaban J connectivity index is 2.33. The highest BCUT2D eigenvalue weighted by Crippen LogP contribution is 2.25. The summed E-state index contributed by atoms with van der Waals surface area (Å²) in [6.07, 6.45) is 0. The molecule has 1 unspecified atom stereocenters. The van der Waals surface area contributed by atoms with Gasteiger partial charge in [-0.2, -0.15) is 8.42 Å². The molecule has 1 atom stereocenters. The second kappa shape index (κ2) is 6.94. The summed E-state index contributed by atoms with van der Waals surface area (Å²) in [5.41, 5.74) is 2.65. The van der Waals surface area contributed by atoms with Crippen LogP contribution in [0.1, 0.15) is 23.3 Å². The number of anilines is 1. The number of aryl methyl sites for hydroxylation is 1. The number of benzene rings is 2. The van der Waals surface area contributed by atoms with Gasteiger partial charge in [-0.15, -0.1) is 0 Å². The first-order valence-corrected chi connectivity index (χ1v) is 8.75. The van der Waals surface area contributed by atoms with Gasteiger partial charge in [0.05, 0.1) is 0 Å². The SMILES string of the molecule is CCN(CC(c1ccccc1)S(=O)(=O)O)c1cccc(C)c1. The molecule has 0 heterocycles. The lowest BCUT2D eigenvalue weighted by Crippen LogP contribution is -2.31. The Morgan fingerprint density at radius 1 is 1.09 bits per heavy atom. The zero-order chi connectivity index (χ0) is 16.2. The van der Waals surface area contributed by atoms with Gasteiger partial charge in [-0.3, -0.25) is 4.55 Å². The van der Waals surface area contributed by atoms with Crippen molar-refractivity contribution in [3.05, 3.63) is 65.7 Å². The van der Waals surface area contributed by atoms with E-state index in [2.05, 4.69) is 0 Å². The van der Waals surface area contributed by atoms with Crippen LogP contribution in [-0.2, 0) is 10.1 Å². The van der Waals surface area contributed by atoms with Crippen molar-refractivity contribution >= 4 is 15.8 Å². The summed E-state index contributed by atoms with van der Waals surface area (Å²) in [5.74, 6) is 0. The van der Waals surface area contributed by atoms with Crippen LogP contribution in [0, 0.1) is 6.92 Å². The zero-order valence-corrected chi connectivity index (χ0v) is 13.6. The molecule has 0 spiro atoms. The van der Waals surface area contributed by atoms with Crippen LogP contribution in [0.4, 0.5) is 5.69 Å². The number of nitrogens with zero attached hydrogens (tertiary/aromatic N) is 1. The molecule has 0 aliphatic carbocycles. The fourth-order valence-electron chi connectivity index (χ4n) is 2.48. The van der Waals surface area contributed by atoms with Gasteiger partial charge in [0.1, 0.15) is 5.25 Å². The van der Waals surface area contributed by atoms with Gasteiger partial charge in [0.25, 0.3) is 10.1 Å². The Hall–Kier alpha value is -1.85. The highest BCUT2D eigenvalue weighted by atomic mass is 32.2. The average Bonchev–Trinajstić information content (AvgIpc) is 2.48. The predicted molar refractivity (Wildman–Crippen MR) is 89.8 cm³/mol. The summed E-state index contributed by atoms with van der Waals surface area (Å²) in [6.45, 7) is 4.83. The van der Waals surface area contributed by atoms with Crippen molar-refractivity contribution in [3.63, 3.8) is 0 Å². The van der Waals surface area contributed by atoms with E-state index in [9.17, 15) is 13.0 Å². The Morgan fingerprint density at radius 2 is 1.77 bits per heavy atom. The largest absolute Gasteiger partial charge is 0.370 e. The predicted octanol–water partition coefficient (Wildman–Crippen LogP) is 3.45. The first-order chi connectivity index (χ1) is 10.4. The summed E-state index contributed by atoms with van der Waals surface area (Å²) in [4.78, 5) is 1.96. The molecule has 118 valence electrons. The Labute approximate surface area is 132 Å². The van der Waals surface area contributed by atoms with Crippen molar-refractivity contribution in [2.45, 2.75) is 19.1 Å². The molecule has 0 amide bonds. The van der Waals surface area contributed by atoms with Crippen LogP contribution in [0.15, 0.2) is 54.6 Å². The van der Waals surface area contributed by atoms with Gasteiger partial charge in [0.2, 0.25) is 0 Å². The topological polar surface area (TPSA) is 57.6 Å². The van der Waals surface area contributed by atoms with Gasteiger partial charge in [-0.25, -0.2) is 0 Å². The van der Waals surface area contributed by atoms with Crippen molar-refractivity contribution in [2.75, 3.05) is 18.0 Å². The monoisotopic (exact) mass is 319 g/mol. The summed E-state index contributed by atoms with van der Waals surface area (Å²) in [6, 6.07) is 16.7. The molecule has 0 saturated carbocycles. The molecule has 22 heavy (non-hydrogen) atoms. The van der Waals surface area contributed by atoms with E-state index in [0.29, 0.717) is 12.1 Å². The van der Waals surface area contributed by atoms with Gasteiger partial charge in [0.15, 0.2) is 0 Å². The van der Waals surface area contributed by atoms with Crippen molar-refractivity contribution < 1.29 is 13.0 Å². The molecule has 0 radical (unpaired) electrons. The maximum absolute atomic E-state index is 11.8. The van der Waals surface area contributed by atoms with E-state index in [0.717, 1.165) is 11.3 Å². The van der Waals surface area contributed by atoms with Gasteiger partial charge >= 0.3 is 0 Å². The number of hydrogen-bond donors (Lipinski definition) is 1. The zero-order valence-electron chi connectivity index (χ0n) is 12.8. The Morgan fingerprint density at radius 3 is 2.32 bits per heavy atom. The third-order valence-electron chi connectivity index (χ3n) is 3.67. The minimum absolute atomic E-state index is 0.211. The van der Waals surface area contributed by atoms with Crippen LogP contribution in [0.5, 0.6) is 0 Å². The fraction of sp³-hybridized carbons (Fsp3) is 0.294. The second-order valence-corrected chi connectivity index (χ2v) is 6.89. The lowest BCUT2D eigenvalue weighted by Gasteiger charge is -2.27. The first-order valence-electron chi connectivity index (χ1n) is 7.24. The van der Waals surface area contributed by atoms with Crippen molar-refractivity contribution in [3.8, 4) is 0 Å². The van der Waals surface area contributed by atoms with Crippen LogP contribution in [0.3, 0.4) is 0 Å². The lowest BCUT2D eigenvalue weighted by atomic mass is 10.1. The van der Waals surface area contributed by atoms with Gasteiger partial charge in [-0.1, -0.05) is 42.5 Å². The average molecular weight is 319 g/mol.